The normalized spacial score (nSPS) is 11.5. The molecule has 0 radical (unpaired) electrons. The van der Waals surface area contributed by atoms with Crippen molar-refractivity contribution in [1.82, 2.24) is 39.6 Å². The monoisotopic (exact) mass is 480 g/mol. The molecule has 0 atom stereocenters. The molecule has 170 valence electrons. The van der Waals surface area contributed by atoms with Crippen LogP contribution in [0, 0.1) is 0 Å². The molecule has 0 amide bonds. The second kappa shape index (κ2) is 8.83. The summed E-state index contributed by atoms with van der Waals surface area (Å²) in [4.78, 5) is 25.6. The number of hydrogen-bond donors (Lipinski definition) is 2. The fraction of sp³-hybridized carbons (Fsp3) is 0. The molecule has 35 heavy (non-hydrogen) atoms. The van der Waals surface area contributed by atoms with Crippen molar-refractivity contribution >= 4 is 40.6 Å². The highest BCUT2D eigenvalue weighted by Crippen LogP contribution is 2.27. The van der Waals surface area contributed by atoms with Crippen LogP contribution in [0.15, 0.2) is 99.1 Å². The van der Waals surface area contributed by atoms with Gasteiger partial charge in [-0.25, -0.2) is 15.4 Å². The van der Waals surface area contributed by atoms with E-state index in [1.165, 1.54) is 22.4 Å². The lowest BCUT2D eigenvalue weighted by atomic mass is 10.3. The van der Waals surface area contributed by atoms with E-state index in [4.69, 9.17) is 0 Å². The fourth-order valence-corrected chi connectivity index (χ4v) is 4.36. The summed E-state index contributed by atoms with van der Waals surface area (Å²) in [5.74, 6) is 0.457. The van der Waals surface area contributed by atoms with Crippen LogP contribution in [0.5, 0.6) is 0 Å². The predicted molar refractivity (Wildman–Crippen MR) is 132 cm³/mol. The first-order valence-corrected chi connectivity index (χ1v) is 11.3. The van der Waals surface area contributed by atoms with E-state index in [-0.39, 0.29) is 11.1 Å². The molecule has 11 nitrogen and oxygen atoms in total. The molecule has 0 bridgehead atoms. The van der Waals surface area contributed by atoms with Crippen molar-refractivity contribution in [3.05, 3.63) is 94.9 Å². The molecule has 0 unspecified atom stereocenters. The highest BCUT2D eigenvalue weighted by Gasteiger charge is 2.17. The first kappa shape index (κ1) is 20.7. The standard InChI is InChI=1S/C23H16N10OS/c34-21-16(14-24-28-22-25-17-10-4-5-11-18(17)26-22)20(27-19-12-6-7-13-32(19)21)35-23-29-30-31-33(23)15-8-2-1-3-9-15/h1-14H,(H2,25,26,28). The number of H-pyrrole nitrogens is 1. The number of benzene rings is 2. The summed E-state index contributed by atoms with van der Waals surface area (Å²) < 4.78 is 3.06. The van der Waals surface area contributed by atoms with Crippen LogP contribution in [0.25, 0.3) is 22.4 Å². The van der Waals surface area contributed by atoms with Crippen LogP contribution in [0.4, 0.5) is 5.95 Å². The Labute approximate surface area is 201 Å². The van der Waals surface area contributed by atoms with Crippen molar-refractivity contribution in [3.63, 3.8) is 0 Å². The van der Waals surface area contributed by atoms with Gasteiger partial charge in [-0.2, -0.15) is 9.78 Å². The summed E-state index contributed by atoms with van der Waals surface area (Å²) in [6.07, 6.45) is 3.10. The van der Waals surface area contributed by atoms with Gasteiger partial charge in [0.2, 0.25) is 11.1 Å². The Morgan fingerprint density at radius 3 is 2.69 bits per heavy atom. The third kappa shape index (κ3) is 4.02. The lowest BCUT2D eigenvalue weighted by molar-refractivity contribution is 0.755. The van der Waals surface area contributed by atoms with Gasteiger partial charge < -0.3 is 4.98 Å². The molecule has 0 aliphatic rings. The average Bonchev–Trinajstić information content (AvgIpc) is 3.53. The van der Waals surface area contributed by atoms with Crippen molar-refractivity contribution in [2.45, 2.75) is 10.2 Å². The first-order chi connectivity index (χ1) is 17.3. The number of nitrogens with zero attached hydrogens (tertiary/aromatic N) is 8. The summed E-state index contributed by atoms with van der Waals surface area (Å²) in [5.41, 5.74) is 5.84. The van der Waals surface area contributed by atoms with Crippen LogP contribution in [-0.2, 0) is 0 Å². The van der Waals surface area contributed by atoms with Crippen LogP contribution in [0.2, 0.25) is 0 Å². The number of anilines is 1. The number of aromatic nitrogens is 8. The highest BCUT2D eigenvalue weighted by atomic mass is 32.2. The number of pyridine rings is 1. The molecule has 0 aliphatic carbocycles. The molecule has 4 aromatic heterocycles. The Kier molecular flexibility index (Phi) is 5.24. The van der Waals surface area contributed by atoms with E-state index in [0.717, 1.165) is 16.7 Å². The highest BCUT2D eigenvalue weighted by molar-refractivity contribution is 7.99. The maximum Gasteiger partial charge on any atom is 0.267 e. The molecule has 2 N–H and O–H groups in total. The number of hydrogen-bond acceptors (Lipinski definition) is 9. The number of para-hydroxylation sites is 3. The van der Waals surface area contributed by atoms with Crippen molar-refractivity contribution in [1.29, 1.82) is 0 Å². The number of tetrazole rings is 1. The van der Waals surface area contributed by atoms with Gasteiger partial charge in [0.1, 0.15) is 10.7 Å². The van der Waals surface area contributed by atoms with Gasteiger partial charge in [-0.3, -0.25) is 9.20 Å². The summed E-state index contributed by atoms with van der Waals surface area (Å²) in [6.45, 7) is 0. The zero-order chi connectivity index (χ0) is 23.6. The summed E-state index contributed by atoms with van der Waals surface area (Å²) in [6, 6.07) is 22.5. The van der Waals surface area contributed by atoms with Crippen molar-refractivity contribution in [2.75, 3.05) is 5.43 Å². The van der Waals surface area contributed by atoms with Crippen LogP contribution in [0.1, 0.15) is 5.56 Å². The van der Waals surface area contributed by atoms with E-state index >= 15 is 0 Å². The topological polar surface area (TPSA) is 131 Å². The van der Waals surface area contributed by atoms with Gasteiger partial charge in [0, 0.05) is 6.20 Å². The van der Waals surface area contributed by atoms with Gasteiger partial charge in [-0.1, -0.05) is 36.4 Å². The van der Waals surface area contributed by atoms with Gasteiger partial charge in [0.25, 0.3) is 5.56 Å². The number of fused-ring (bicyclic) bond motifs is 2. The maximum absolute atomic E-state index is 13.3. The van der Waals surface area contributed by atoms with Crippen LogP contribution in [0.3, 0.4) is 0 Å². The lowest BCUT2D eigenvalue weighted by Gasteiger charge is -2.08. The Hall–Kier alpha value is -4.84. The van der Waals surface area contributed by atoms with Crippen molar-refractivity contribution in [2.24, 2.45) is 5.10 Å². The number of rotatable bonds is 6. The van der Waals surface area contributed by atoms with E-state index < -0.39 is 0 Å². The number of aromatic amines is 1. The predicted octanol–water partition coefficient (Wildman–Crippen LogP) is 3.14. The largest absolute Gasteiger partial charge is 0.323 e. The van der Waals surface area contributed by atoms with E-state index in [0.29, 0.717) is 21.8 Å². The molecule has 0 spiro atoms. The first-order valence-electron chi connectivity index (χ1n) is 10.5. The van der Waals surface area contributed by atoms with E-state index in [1.807, 2.05) is 60.7 Å². The van der Waals surface area contributed by atoms with Gasteiger partial charge in [0.15, 0.2) is 0 Å². The van der Waals surface area contributed by atoms with Crippen LogP contribution in [-0.4, -0.2) is 45.8 Å². The van der Waals surface area contributed by atoms with Gasteiger partial charge in [-0.05, 0) is 58.6 Å². The van der Waals surface area contributed by atoms with Gasteiger partial charge in [0.05, 0.1) is 28.5 Å². The third-order valence-electron chi connectivity index (χ3n) is 5.12. The Morgan fingerprint density at radius 2 is 1.80 bits per heavy atom. The van der Waals surface area contributed by atoms with Gasteiger partial charge >= 0.3 is 0 Å². The lowest BCUT2D eigenvalue weighted by Crippen LogP contribution is -2.21. The Bertz CT molecular complexity index is 1710. The fourth-order valence-electron chi connectivity index (χ4n) is 3.49. The van der Waals surface area contributed by atoms with E-state index in [1.54, 1.807) is 23.0 Å². The average molecular weight is 481 g/mol. The van der Waals surface area contributed by atoms with E-state index in [9.17, 15) is 4.79 Å². The number of nitrogens with one attached hydrogen (secondary N) is 2. The zero-order valence-electron chi connectivity index (χ0n) is 18.0. The SMILES string of the molecule is O=c1c(C=NNc2nc3ccccc3[nH]2)c(Sc2nnnn2-c2ccccc2)nc2ccccn12. The molecule has 0 aliphatic heterocycles. The summed E-state index contributed by atoms with van der Waals surface area (Å²) in [5, 5.41) is 17.2. The summed E-state index contributed by atoms with van der Waals surface area (Å²) in [7, 11) is 0. The van der Waals surface area contributed by atoms with Crippen LogP contribution < -0.4 is 11.0 Å². The molecule has 0 saturated heterocycles. The Balaban J connectivity index is 1.38. The molecule has 6 rings (SSSR count). The van der Waals surface area contributed by atoms with Gasteiger partial charge in [-0.15, -0.1) is 5.10 Å². The number of hydrazone groups is 1. The molecule has 2 aromatic carbocycles. The molecule has 0 saturated carbocycles. The second-order valence-corrected chi connectivity index (χ2v) is 8.30. The molecular weight excluding hydrogens is 464 g/mol. The molecule has 12 heteroatoms. The second-order valence-electron chi connectivity index (χ2n) is 7.35. The minimum Gasteiger partial charge on any atom is -0.323 e. The maximum atomic E-state index is 13.3. The Morgan fingerprint density at radius 1 is 0.971 bits per heavy atom. The quantitative estimate of drug-likeness (QED) is 0.211. The molecule has 4 heterocycles. The summed E-state index contributed by atoms with van der Waals surface area (Å²) >= 11 is 1.18. The van der Waals surface area contributed by atoms with E-state index in [2.05, 4.69) is 41.0 Å². The third-order valence-corrected chi connectivity index (χ3v) is 6.06. The minimum absolute atomic E-state index is 0.271. The smallest absolute Gasteiger partial charge is 0.267 e. The van der Waals surface area contributed by atoms with Crippen LogP contribution >= 0.6 is 11.8 Å². The zero-order valence-corrected chi connectivity index (χ0v) is 18.8. The van der Waals surface area contributed by atoms with Crippen molar-refractivity contribution < 1.29 is 0 Å². The minimum atomic E-state index is -0.271. The molecular formula is C23H16N10OS. The van der Waals surface area contributed by atoms with Crippen molar-refractivity contribution in [3.8, 4) is 5.69 Å². The number of imidazole rings is 1. The molecule has 6 aromatic rings. The molecule has 0 fully saturated rings.